The fourth-order valence-corrected chi connectivity index (χ4v) is 2.83. The molecule has 104 valence electrons. The Bertz CT molecular complexity index is 489. The minimum absolute atomic E-state index is 0.0932. The van der Waals surface area contributed by atoms with Crippen molar-refractivity contribution in [1.82, 2.24) is 0 Å². The summed E-state index contributed by atoms with van der Waals surface area (Å²) in [5.74, 6) is -0.365. The molecule has 1 aromatic rings. The number of benzene rings is 1. The van der Waals surface area contributed by atoms with Crippen molar-refractivity contribution in [3.8, 4) is 17.2 Å². The number of aromatic hydroxyl groups is 1. The molecule has 2 rings (SSSR count). The summed E-state index contributed by atoms with van der Waals surface area (Å²) in [6, 6.07) is 3.12. The zero-order valence-corrected chi connectivity index (χ0v) is 11.1. The second kappa shape index (κ2) is 4.99. The molecule has 0 spiro atoms. The summed E-state index contributed by atoms with van der Waals surface area (Å²) < 4.78 is 10.2. The van der Waals surface area contributed by atoms with Gasteiger partial charge in [-0.1, -0.05) is 12.8 Å². The van der Waals surface area contributed by atoms with Gasteiger partial charge in [-0.3, -0.25) is 4.79 Å². The third-order valence-corrected chi connectivity index (χ3v) is 3.88. The third kappa shape index (κ3) is 2.09. The summed E-state index contributed by atoms with van der Waals surface area (Å²) in [5, 5.41) is 19.5. The Kier molecular flexibility index (Phi) is 3.55. The lowest BCUT2D eigenvalue weighted by molar-refractivity contribution is -0.143. The van der Waals surface area contributed by atoms with Gasteiger partial charge in [0.2, 0.25) is 5.75 Å². The van der Waals surface area contributed by atoms with Gasteiger partial charge in [0.1, 0.15) is 0 Å². The molecule has 0 unspecified atom stereocenters. The lowest BCUT2D eigenvalue weighted by atomic mass is 9.78. The number of aliphatic carboxylic acids is 1. The maximum atomic E-state index is 11.6. The second-order valence-electron chi connectivity index (χ2n) is 4.83. The Labute approximate surface area is 111 Å². The fourth-order valence-electron chi connectivity index (χ4n) is 2.83. The van der Waals surface area contributed by atoms with Gasteiger partial charge in [0.05, 0.1) is 19.6 Å². The lowest BCUT2D eigenvalue weighted by Crippen LogP contribution is -2.32. The molecule has 0 saturated heterocycles. The van der Waals surface area contributed by atoms with Crippen LogP contribution >= 0.6 is 0 Å². The quantitative estimate of drug-likeness (QED) is 0.874. The molecule has 0 bridgehead atoms. The van der Waals surface area contributed by atoms with Crippen LogP contribution in [-0.2, 0) is 10.2 Å². The zero-order chi connectivity index (χ0) is 14.0. The van der Waals surface area contributed by atoms with E-state index in [0.29, 0.717) is 24.2 Å². The Morgan fingerprint density at radius 3 is 2.32 bits per heavy atom. The Hall–Kier alpha value is -1.91. The molecule has 5 nitrogen and oxygen atoms in total. The van der Waals surface area contributed by atoms with E-state index in [1.807, 2.05) is 0 Å². The van der Waals surface area contributed by atoms with Gasteiger partial charge in [-0.2, -0.15) is 0 Å². The van der Waals surface area contributed by atoms with Crippen molar-refractivity contribution in [3.05, 3.63) is 17.7 Å². The van der Waals surface area contributed by atoms with Crippen LogP contribution in [0.5, 0.6) is 17.2 Å². The van der Waals surface area contributed by atoms with E-state index in [4.69, 9.17) is 9.47 Å². The highest BCUT2D eigenvalue weighted by atomic mass is 16.5. The largest absolute Gasteiger partial charge is 0.504 e. The van der Waals surface area contributed by atoms with E-state index in [9.17, 15) is 15.0 Å². The number of carbonyl (C=O) groups is 1. The van der Waals surface area contributed by atoms with Gasteiger partial charge >= 0.3 is 5.97 Å². The molecular formula is C14H18O5. The molecule has 0 amide bonds. The van der Waals surface area contributed by atoms with Crippen LogP contribution in [-0.4, -0.2) is 30.4 Å². The molecule has 0 aromatic heterocycles. The predicted octanol–water partition coefficient (Wildman–Crippen LogP) is 2.31. The molecule has 2 N–H and O–H groups in total. The molecule has 0 heterocycles. The first-order valence-corrected chi connectivity index (χ1v) is 6.24. The van der Waals surface area contributed by atoms with Gasteiger partial charge in [0.25, 0.3) is 0 Å². The van der Waals surface area contributed by atoms with E-state index in [-0.39, 0.29) is 11.5 Å². The number of phenols is 1. The molecule has 1 fully saturated rings. The molecule has 1 saturated carbocycles. The summed E-state index contributed by atoms with van der Waals surface area (Å²) in [5.41, 5.74) is -0.343. The summed E-state index contributed by atoms with van der Waals surface area (Å²) in [4.78, 5) is 11.6. The fraction of sp³-hybridized carbons (Fsp3) is 0.500. The van der Waals surface area contributed by atoms with Crippen molar-refractivity contribution in [1.29, 1.82) is 0 Å². The number of carboxylic acids is 1. The highest BCUT2D eigenvalue weighted by Crippen LogP contribution is 2.46. The average Bonchev–Trinajstić information content (AvgIpc) is 2.88. The number of phenolic OH excluding ortho intramolecular Hbond substituents is 1. The van der Waals surface area contributed by atoms with E-state index < -0.39 is 11.4 Å². The number of hydrogen-bond acceptors (Lipinski definition) is 4. The molecule has 0 atom stereocenters. The lowest BCUT2D eigenvalue weighted by Gasteiger charge is -2.25. The van der Waals surface area contributed by atoms with Crippen LogP contribution in [0, 0.1) is 0 Å². The van der Waals surface area contributed by atoms with Crippen LogP contribution in [0.15, 0.2) is 12.1 Å². The van der Waals surface area contributed by atoms with Crippen molar-refractivity contribution in [2.24, 2.45) is 0 Å². The number of rotatable bonds is 4. The standard InChI is InChI=1S/C14H18O5/c1-18-11-8-9(7-10(15)12(11)19-2)14(13(16)17)5-3-4-6-14/h7-8,15H,3-6H2,1-2H3,(H,16,17). The van der Waals surface area contributed by atoms with Crippen LogP contribution in [0.25, 0.3) is 0 Å². The van der Waals surface area contributed by atoms with Crippen molar-refractivity contribution >= 4 is 5.97 Å². The maximum absolute atomic E-state index is 11.6. The van der Waals surface area contributed by atoms with Crippen LogP contribution in [0.1, 0.15) is 31.2 Å². The van der Waals surface area contributed by atoms with Gasteiger partial charge in [0.15, 0.2) is 11.5 Å². The van der Waals surface area contributed by atoms with Crippen molar-refractivity contribution in [2.75, 3.05) is 14.2 Å². The summed E-state index contributed by atoms with van der Waals surface area (Å²) in [6.07, 6.45) is 2.91. The van der Waals surface area contributed by atoms with Gasteiger partial charge in [-0.15, -0.1) is 0 Å². The summed E-state index contributed by atoms with van der Waals surface area (Å²) >= 11 is 0. The molecule has 1 aliphatic carbocycles. The predicted molar refractivity (Wildman–Crippen MR) is 69.0 cm³/mol. The number of methoxy groups -OCH3 is 2. The minimum atomic E-state index is -0.920. The Balaban J connectivity index is 2.56. The molecule has 5 heteroatoms. The van der Waals surface area contributed by atoms with Crippen LogP contribution in [0.2, 0.25) is 0 Å². The normalized spacial score (nSPS) is 17.2. The van der Waals surface area contributed by atoms with E-state index in [0.717, 1.165) is 12.8 Å². The maximum Gasteiger partial charge on any atom is 0.314 e. The SMILES string of the molecule is COc1cc(C2(C(=O)O)CCCC2)cc(O)c1OC. The smallest absolute Gasteiger partial charge is 0.314 e. The molecule has 19 heavy (non-hydrogen) atoms. The molecule has 1 aromatic carbocycles. The monoisotopic (exact) mass is 266 g/mol. The topological polar surface area (TPSA) is 76.0 Å². The first-order valence-electron chi connectivity index (χ1n) is 6.24. The molecular weight excluding hydrogens is 248 g/mol. The van der Waals surface area contributed by atoms with Gasteiger partial charge < -0.3 is 19.7 Å². The number of carboxylic acid groups (broad SMARTS) is 1. The zero-order valence-electron chi connectivity index (χ0n) is 11.1. The minimum Gasteiger partial charge on any atom is -0.504 e. The summed E-state index contributed by atoms with van der Waals surface area (Å²) in [7, 11) is 2.89. The molecule has 1 aliphatic rings. The van der Waals surface area contributed by atoms with Gasteiger partial charge in [-0.25, -0.2) is 0 Å². The molecule has 0 radical (unpaired) electrons. The third-order valence-electron chi connectivity index (χ3n) is 3.88. The van der Waals surface area contributed by atoms with Crippen LogP contribution in [0.4, 0.5) is 0 Å². The first-order chi connectivity index (χ1) is 9.05. The van der Waals surface area contributed by atoms with E-state index >= 15 is 0 Å². The van der Waals surface area contributed by atoms with Crippen molar-refractivity contribution in [2.45, 2.75) is 31.1 Å². The number of hydrogen-bond donors (Lipinski definition) is 2. The van der Waals surface area contributed by atoms with E-state index in [2.05, 4.69) is 0 Å². The highest BCUT2D eigenvalue weighted by molar-refractivity contribution is 5.82. The summed E-state index contributed by atoms with van der Waals surface area (Å²) in [6.45, 7) is 0. The average molecular weight is 266 g/mol. The van der Waals surface area contributed by atoms with Crippen molar-refractivity contribution < 1.29 is 24.5 Å². The number of ether oxygens (including phenoxy) is 2. The Morgan fingerprint density at radius 1 is 1.21 bits per heavy atom. The second-order valence-corrected chi connectivity index (χ2v) is 4.83. The Morgan fingerprint density at radius 2 is 1.84 bits per heavy atom. The molecule has 0 aliphatic heterocycles. The van der Waals surface area contributed by atoms with E-state index in [1.165, 1.54) is 20.3 Å². The van der Waals surface area contributed by atoms with Gasteiger partial charge in [-0.05, 0) is 30.5 Å². The van der Waals surface area contributed by atoms with Gasteiger partial charge in [0, 0.05) is 0 Å². The first kappa shape index (κ1) is 13.5. The highest BCUT2D eigenvalue weighted by Gasteiger charge is 2.43. The van der Waals surface area contributed by atoms with Crippen LogP contribution < -0.4 is 9.47 Å². The van der Waals surface area contributed by atoms with Crippen LogP contribution in [0.3, 0.4) is 0 Å². The van der Waals surface area contributed by atoms with E-state index in [1.54, 1.807) is 6.07 Å². The van der Waals surface area contributed by atoms with Crippen molar-refractivity contribution in [3.63, 3.8) is 0 Å².